The first kappa shape index (κ1) is 45.6. The standard InChI is InChI=1S/C37H50N14O6.ClH/c1-48-20-24(16-26(48)34(54)42-12-10-30(38)39)46-36(56)28-14-22(18-50(28)3)44-32(52)8-6-5-7-9-33(53)45-23-15-29(51(4)19-23)37(57)47-25-17-27(49(2)21-25)35(55)43-13-11-31(40)41;/h14-21H,5-13H2,1-4H3,(H3,38,39)(H3,40,41)(H,42,54)(H,43,55)(H,44,52)(H,45,53)(H,46,56)(H,47,57);1H. The van der Waals surface area contributed by atoms with Crippen molar-refractivity contribution in [2.75, 3.05) is 34.4 Å². The van der Waals surface area contributed by atoms with Gasteiger partial charge < -0.3 is 61.6 Å². The SMILES string of the molecule is Cl.Cn1cc(NC(=O)c2cc(NC(=O)CCCCCC(=O)Nc3cc(C(=O)Nc4cc(C(=O)NCCC(=N)N)n(C)c4)n(C)c3)cn2C)cc1C(=O)NCCC(=N)N. The van der Waals surface area contributed by atoms with Crippen molar-refractivity contribution >= 4 is 82.3 Å². The van der Waals surface area contributed by atoms with Gasteiger partial charge in [0.05, 0.1) is 34.4 Å². The van der Waals surface area contributed by atoms with Crippen molar-refractivity contribution in [1.82, 2.24) is 28.9 Å². The van der Waals surface area contributed by atoms with E-state index in [2.05, 4.69) is 31.9 Å². The van der Waals surface area contributed by atoms with Gasteiger partial charge >= 0.3 is 0 Å². The van der Waals surface area contributed by atoms with Crippen LogP contribution in [0.4, 0.5) is 22.7 Å². The van der Waals surface area contributed by atoms with Gasteiger partial charge in [0.2, 0.25) is 11.8 Å². The fraction of sp³-hybridized carbons (Fsp3) is 0.351. The number of unbranched alkanes of at least 4 members (excludes halogenated alkanes) is 2. The second-order valence-corrected chi connectivity index (χ2v) is 13.5. The third-order valence-electron chi connectivity index (χ3n) is 8.70. The highest BCUT2D eigenvalue weighted by atomic mass is 35.5. The fourth-order valence-electron chi connectivity index (χ4n) is 5.82. The van der Waals surface area contributed by atoms with E-state index < -0.39 is 11.8 Å². The van der Waals surface area contributed by atoms with Gasteiger partial charge in [-0.05, 0) is 37.1 Å². The maximum Gasteiger partial charge on any atom is 0.272 e. The maximum atomic E-state index is 13.0. The first-order valence-corrected chi connectivity index (χ1v) is 18.1. The first-order chi connectivity index (χ1) is 27.0. The summed E-state index contributed by atoms with van der Waals surface area (Å²) >= 11 is 0. The van der Waals surface area contributed by atoms with Gasteiger partial charge in [0, 0.05) is 91.8 Å². The van der Waals surface area contributed by atoms with Crippen LogP contribution in [0.2, 0.25) is 0 Å². The minimum absolute atomic E-state index is 0. The molecule has 0 spiro atoms. The summed E-state index contributed by atoms with van der Waals surface area (Å²) in [6.07, 6.45) is 9.00. The lowest BCUT2D eigenvalue weighted by atomic mass is 10.1. The second kappa shape index (κ2) is 20.9. The molecule has 0 aromatic carbocycles. The van der Waals surface area contributed by atoms with Crippen LogP contribution in [-0.2, 0) is 37.8 Å². The Kier molecular flexibility index (Phi) is 16.4. The quantitative estimate of drug-likeness (QED) is 0.0358. The highest BCUT2D eigenvalue weighted by molar-refractivity contribution is 6.06. The molecule has 0 aliphatic carbocycles. The predicted octanol–water partition coefficient (Wildman–Crippen LogP) is 2.61. The minimum atomic E-state index is -0.437. The smallest absolute Gasteiger partial charge is 0.272 e. The Bertz CT molecular complexity index is 2030. The first-order valence-electron chi connectivity index (χ1n) is 18.1. The molecule has 0 saturated heterocycles. The summed E-state index contributed by atoms with van der Waals surface area (Å²) in [7, 11) is 6.68. The average Bonchev–Trinajstić information content (AvgIpc) is 3.88. The predicted molar refractivity (Wildman–Crippen MR) is 223 cm³/mol. The molecule has 20 nitrogen and oxygen atoms in total. The lowest BCUT2D eigenvalue weighted by Gasteiger charge is -2.04. The van der Waals surface area contributed by atoms with Crippen molar-refractivity contribution in [3.63, 3.8) is 0 Å². The van der Waals surface area contributed by atoms with Gasteiger partial charge in [0.15, 0.2) is 0 Å². The van der Waals surface area contributed by atoms with Gasteiger partial charge in [0.1, 0.15) is 22.8 Å². The number of nitrogens with two attached hydrogens (primary N) is 2. The van der Waals surface area contributed by atoms with Crippen molar-refractivity contribution in [3.05, 3.63) is 71.8 Å². The Morgan fingerprint density at radius 2 is 0.776 bits per heavy atom. The topological polar surface area (TPSA) is 294 Å². The largest absolute Gasteiger partial charge is 0.388 e. The molecule has 21 heteroatoms. The van der Waals surface area contributed by atoms with Crippen molar-refractivity contribution < 1.29 is 28.8 Å². The minimum Gasteiger partial charge on any atom is -0.388 e. The third-order valence-corrected chi connectivity index (χ3v) is 8.70. The summed E-state index contributed by atoms with van der Waals surface area (Å²) in [5.74, 6) is -2.16. The number of aromatic nitrogens is 4. The maximum absolute atomic E-state index is 13.0. The Balaban J connectivity index is 0.00000900. The highest BCUT2D eigenvalue weighted by Gasteiger charge is 2.19. The molecule has 6 amide bonds. The van der Waals surface area contributed by atoms with Crippen LogP contribution < -0.4 is 43.4 Å². The molecule has 0 bridgehead atoms. The van der Waals surface area contributed by atoms with Gasteiger partial charge in [-0.2, -0.15) is 0 Å². The number of carbonyl (C=O) groups excluding carboxylic acids is 6. The van der Waals surface area contributed by atoms with E-state index in [9.17, 15) is 28.8 Å². The number of amidine groups is 2. The summed E-state index contributed by atoms with van der Waals surface area (Å²) < 4.78 is 6.29. The van der Waals surface area contributed by atoms with Crippen LogP contribution in [0.5, 0.6) is 0 Å². The number of carbonyl (C=O) groups is 6. The Labute approximate surface area is 340 Å². The zero-order valence-electron chi connectivity index (χ0n) is 32.8. The molecular weight excluding hydrogens is 772 g/mol. The summed E-state index contributed by atoms with van der Waals surface area (Å²) in [6.45, 7) is 0.430. The number of amides is 6. The molecule has 4 rings (SSSR count). The molecule has 0 fully saturated rings. The summed E-state index contributed by atoms with van der Waals surface area (Å²) in [6, 6.07) is 6.16. The fourth-order valence-corrected chi connectivity index (χ4v) is 5.82. The van der Waals surface area contributed by atoms with Crippen molar-refractivity contribution in [2.45, 2.75) is 44.9 Å². The second-order valence-electron chi connectivity index (χ2n) is 13.5. The van der Waals surface area contributed by atoms with Crippen molar-refractivity contribution in [1.29, 1.82) is 10.8 Å². The molecule has 0 radical (unpaired) electrons. The lowest BCUT2D eigenvalue weighted by Crippen LogP contribution is -2.28. The van der Waals surface area contributed by atoms with Crippen LogP contribution in [0.3, 0.4) is 0 Å². The van der Waals surface area contributed by atoms with Crippen LogP contribution in [-0.4, -0.2) is 78.5 Å². The van der Waals surface area contributed by atoms with Crippen LogP contribution >= 0.6 is 12.4 Å². The van der Waals surface area contributed by atoms with Crippen LogP contribution in [0.1, 0.15) is 86.9 Å². The van der Waals surface area contributed by atoms with Gasteiger partial charge in [-0.3, -0.25) is 39.6 Å². The zero-order chi connectivity index (χ0) is 41.8. The number of hydrogen-bond donors (Lipinski definition) is 10. The molecule has 4 aromatic heterocycles. The zero-order valence-corrected chi connectivity index (χ0v) is 33.6. The summed E-state index contributed by atoms with van der Waals surface area (Å²) in [5, 5.41) is 31.0. The molecule has 0 unspecified atom stereocenters. The number of aryl methyl sites for hydroxylation is 4. The van der Waals surface area contributed by atoms with Gasteiger partial charge in [-0.15, -0.1) is 12.4 Å². The average molecular weight is 823 g/mol. The molecular formula is C37H51ClN14O6. The molecule has 0 aliphatic heterocycles. The van der Waals surface area contributed by atoms with E-state index in [4.69, 9.17) is 22.3 Å². The van der Waals surface area contributed by atoms with E-state index in [-0.39, 0.29) is 97.9 Å². The molecule has 0 atom stereocenters. The van der Waals surface area contributed by atoms with E-state index in [1.807, 2.05) is 0 Å². The van der Waals surface area contributed by atoms with Gasteiger partial charge in [0.25, 0.3) is 23.6 Å². The Morgan fingerprint density at radius 1 is 0.483 bits per heavy atom. The van der Waals surface area contributed by atoms with Crippen LogP contribution in [0.25, 0.3) is 0 Å². The molecule has 0 saturated carbocycles. The highest BCUT2D eigenvalue weighted by Crippen LogP contribution is 2.20. The number of nitrogens with one attached hydrogen (secondary N) is 8. The molecule has 4 heterocycles. The normalized spacial score (nSPS) is 10.6. The number of nitrogens with zero attached hydrogens (tertiary/aromatic N) is 4. The number of anilines is 4. The van der Waals surface area contributed by atoms with Gasteiger partial charge in [-0.1, -0.05) is 6.42 Å². The summed E-state index contributed by atoms with van der Waals surface area (Å²) in [4.78, 5) is 76.2. The monoisotopic (exact) mass is 822 g/mol. The molecule has 0 aliphatic rings. The van der Waals surface area contributed by atoms with E-state index in [0.717, 1.165) is 0 Å². The molecule has 58 heavy (non-hydrogen) atoms. The molecule has 4 aromatic rings. The number of rotatable bonds is 20. The van der Waals surface area contributed by atoms with E-state index >= 15 is 0 Å². The molecule has 12 N–H and O–H groups in total. The summed E-state index contributed by atoms with van der Waals surface area (Å²) in [5.41, 5.74) is 13.6. The van der Waals surface area contributed by atoms with E-state index in [1.54, 1.807) is 83.4 Å². The van der Waals surface area contributed by atoms with Crippen molar-refractivity contribution in [2.24, 2.45) is 39.7 Å². The molecule has 312 valence electrons. The Morgan fingerprint density at radius 3 is 1.09 bits per heavy atom. The van der Waals surface area contributed by atoms with Crippen molar-refractivity contribution in [3.8, 4) is 0 Å². The number of halogens is 1. The van der Waals surface area contributed by atoms with E-state index in [0.29, 0.717) is 53.4 Å². The lowest BCUT2D eigenvalue weighted by molar-refractivity contribution is -0.116. The third kappa shape index (κ3) is 13.1. The Hall–Kier alpha value is -6.83. The van der Waals surface area contributed by atoms with Gasteiger partial charge in [-0.25, -0.2) is 0 Å². The van der Waals surface area contributed by atoms with E-state index in [1.165, 1.54) is 12.1 Å². The number of hydrogen-bond acceptors (Lipinski definition) is 8. The van der Waals surface area contributed by atoms with Crippen LogP contribution in [0, 0.1) is 10.8 Å². The van der Waals surface area contributed by atoms with Crippen LogP contribution in [0.15, 0.2) is 49.1 Å².